The second-order valence-electron chi connectivity index (χ2n) is 8.46. The third-order valence-electron chi connectivity index (χ3n) is 6.17. The number of ether oxygens (including phenoxy) is 1. The summed E-state index contributed by atoms with van der Waals surface area (Å²) in [5.41, 5.74) is 6.08. The number of morpholine rings is 1. The SMILES string of the molecule is C=C1C(C)=CC(c2nc3cnc(N4CCOC[C@@H]4C)cc3n2Cc2ccccn2)=CN1C. The molecule has 5 heterocycles. The molecule has 0 amide bonds. The Morgan fingerprint density at radius 3 is 2.88 bits per heavy atom. The highest BCUT2D eigenvalue weighted by Gasteiger charge is 2.23. The first-order valence-electron chi connectivity index (χ1n) is 10.9. The lowest BCUT2D eigenvalue weighted by atomic mass is 10.1. The van der Waals surface area contributed by atoms with E-state index in [1.807, 2.05) is 42.5 Å². The van der Waals surface area contributed by atoms with Crippen LogP contribution in [-0.2, 0) is 11.3 Å². The second-order valence-corrected chi connectivity index (χ2v) is 8.46. The number of aromatic nitrogens is 4. The number of nitrogens with zero attached hydrogens (tertiary/aromatic N) is 6. The lowest BCUT2D eigenvalue weighted by Crippen LogP contribution is -2.44. The molecule has 0 aliphatic carbocycles. The van der Waals surface area contributed by atoms with Gasteiger partial charge >= 0.3 is 0 Å². The summed E-state index contributed by atoms with van der Waals surface area (Å²) >= 11 is 0. The van der Waals surface area contributed by atoms with Gasteiger partial charge in [0.15, 0.2) is 0 Å². The van der Waals surface area contributed by atoms with Crippen molar-refractivity contribution >= 4 is 22.4 Å². The molecule has 0 aromatic carbocycles. The Kier molecular flexibility index (Phi) is 5.27. The Hall–Kier alpha value is -3.45. The van der Waals surface area contributed by atoms with Crippen LogP contribution in [0.5, 0.6) is 0 Å². The van der Waals surface area contributed by atoms with Crippen LogP contribution in [0.15, 0.2) is 66.8 Å². The number of hydrogen-bond donors (Lipinski definition) is 0. The van der Waals surface area contributed by atoms with E-state index in [1.165, 1.54) is 0 Å². The molecule has 0 bridgehead atoms. The fourth-order valence-electron chi connectivity index (χ4n) is 4.32. The number of anilines is 1. The van der Waals surface area contributed by atoms with Crippen LogP contribution in [0.4, 0.5) is 5.82 Å². The molecule has 0 spiro atoms. The Balaban J connectivity index is 1.65. The quantitative estimate of drug-likeness (QED) is 0.629. The number of allylic oxidation sites excluding steroid dienone is 3. The maximum atomic E-state index is 5.61. The Bertz CT molecular complexity index is 1230. The predicted octanol–water partition coefficient (Wildman–Crippen LogP) is 3.85. The highest BCUT2D eigenvalue weighted by Crippen LogP contribution is 2.31. The van der Waals surface area contributed by atoms with E-state index in [4.69, 9.17) is 14.7 Å². The Labute approximate surface area is 188 Å². The van der Waals surface area contributed by atoms with Gasteiger partial charge in [-0.05, 0) is 37.6 Å². The summed E-state index contributed by atoms with van der Waals surface area (Å²) in [6.07, 6.45) is 7.95. The van der Waals surface area contributed by atoms with Crippen molar-refractivity contribution in [2.45, 2.75) is 26.4 Å². The molecule has 3 aromatic rings. The van der Waals surface area contributed by atoms with Crippen molar-refractivity contribution in [3.8, 4) is 0 Å². The zero-order valence-electron chi connectivity index (χ0n) is 18.8. The average molecular weight is 429 g/mol. The van der Waals surface area contributed by atoms with Gasteiger partial charge in [-0.1, -0.05) is 12.6 Å². The number of imidazole rings is 1. The molecule has 1 saturated heterocycles. The van der Waals surface area contributed by atoms with Crippen LogP contribution in [-0.4, -0.2) is 57.3 Å². The maximum absolute atomic E-state index is 5.61. The van der Waals surface area contributed by atoms with Gasteiger partial charge < -0.3 is 19.1 Å². The molecule has 2 aliphatic rings. The summed E-state index contributed by atoms with van der Waals surface area (Å²) in [5, 5.41) is 0. The van der Waals surface area contributed by atoms with Crippen LogP contribution in [0.25, 0.3) is 16.6 Å². The normalized spacial score (nSPS) is 19.3. The van der Waals surface area contributed by atoms with E-state index in [0.29, 0.717) is 13.2 Å². The molecule has 1 fully saturated rings. The first kappa shape index (κ1) is 20.5. The zero-order valence-corrected chi connectivity index (χ0v) is 18.8. The second kappa shape index (κ2) is 8.24. The van der Waals surface area contributed by atoms with Gasteiger partial charge in [0.05, 0.1) is 43.2 Å². The summed E-state index contributed by atoms with van der Waals surface area (Å²) in [6, 6.07) is 8.44. The van der Waals surface area contributed by atoms with Crippen molar-refractivity contribution in [1.82, 2.24) is 24.4 Å². The Morgan fingerprint density at radius 2 is 2.12 bits per heavy atom. The molecular weight excluding hydrogens is 400 g/mol. The largest absolute Gasteiger partial charge is 0.377 e. The maximum Gasteiger partial charge on any atom is 0.143 e. The number of fused-ring (bicyclic) bond motifs is 1. The van der Waals surface area contributed by atoms with Crippen molar-refractivity contribution in [3.63, 3.8) is 0 Å². The summed E-state index contributed by atoms with van der Waals surface area (Å²) in [5.74, 6) is 1.86. The van der Waals surface area contributed by atoms with Crippen molar-refractivity contribution < 1.29 is 4.74 Å². The van der Waals surface area contributed by atoms with E-state index in [9.17, 15) is 0 Å². The van der Waals surface area contributed by atoms with E-state index < -0.39 is 0 Å². The van der Waals surface area contributed by atoms with Gasteiger partial charge in [-0.2, -0.15) is 0 Å². The lowest BCUT2D eigenvalue weighted by Gasteiger charge is -2.34. The molecule has 1 atom stereocenters. The zero-order chi connectivity index (χ0) is 22.2. The van der Waals surface area contributed by atoms with Crippen molar-refractivity contribution in [1.29, 1.82) is 0 Å². The fourth-order valence-corrected chi connectivity index (χ4v) is 4.32. The van der Waals surface area contributed by atoms with E-state index in [0.717, 1.165) is 58.4 Å². The number of pyridine rings is 2. The van der Waals surface area contributed by atoms with Crippen molar-refractivity contribution in [3.05, 3.63) is 78.3 Å². The third-order valence-corrected chi connectivity index (χ3v) is 6.17. The van der Waals surface area contributed by atoms with E-state index in [2.05, 4.69) is 53.2 Å². The minimum atomic E-state index is 0.284. The predicted molar refractivity (Wildman–Crippen MR) is 127 cm³/mol. The summed E-state index contributed by atoms with van der Waals surface area (Å²) < 4.78 is 7.86. The van der Waals surface area contributed by atoms with Gasteiger partial charge in [-0.25, -0.2) is 9.97 Å². The van der Waals surface area contributed by atoms with Crippen LogP contribution in [0.1, 0.15) is 25.4 Å². The molecule has 164 valence electrons. The standard InChI is InChI=1S/C25H28N6O/c1-17-11-20(14-29(4)19(17)3)25-28-22-13-27-24(30-9-10-32-16-18(30)2)12-23(22)31(25)15-21-7-5-6-8-26-21/h5-8,11-14,18H,3,9-10,15-16H2,1-2,4H3/t18-/m0/s1. The molecule has 32 heavy (non-hydrogen) atoms. The van der Waals surface area contributed by atoms with Crippen LogP contribution >= 0.6 is 0 Å². The fraction of sp³-hybridized carbons (Fsp3) is 0.320. The number of likely N-dealkylation sites (N-methyl/N-ethyl adjacent to an activating group) is 1. The first-order chi connectivity index (χ1) is 15.5. The molecular formula is C25H28N6O. The average Bonchev–Trinajstić information content (AvgIpc) is 3.16. The van der Waals surface area contributed by atoms with E-state index >= 15 is 0 Å². The van der Waals surface area contributed by atoms with Gasteiger partial charge in [0.1, 0.15) is 17.2 Å². The summed E-state index contributed by atoms with van der Waals surface area (Å²) in [6.45, 7) is 11.3. The minimum Gasteiger partial charge on any atom is -0.377 e. The van der Waals surface area contributed by atoms with E-state index in [-0.39, 0.29) is 6.04 Å². The number of hydrogen-bond acceptors (Lipinski definition) is 6. The molecule has 7 nitrogen and oxygen atoms in total. The summed E-state index contributed by atoms with van der Waals surface area (Å²) in [4.78, 5) is 18.7. The van der Waals surface area contributed by atoms with Gasteiger partial charge in [-0.15, -0.1) is 0 Å². The molecule has 2 aliphatic heterocycles. The highest BCUT2D eigenvalue weighted by atomic mass is 16.5. The smallest absolute Gasteiger partial charge is 0.143 e. The van der Waals surface area contributed by atoms with Crippen molar-refractivity contribution in [2.75, 3.05) is 31.7 Å². The third kappa shape index (κ3) is 3.69. The van der Waals surface area contributed by atoms with Crippen LogP contribution in [0.2, 0.25) is 0 Å². The molecule has 0 saturated carbocycles. The van der Waals surface area contributed by atoms with Crippen LogP contribution < -0.4 is 4.90 Å². The van der Waals surface area contributed by atoms with Gasteiger partial charge in [0.25, 0.3) is 0 Å². The Morgan fingerprint density at radius 1 is 1.25 bits per heavy atom. The van der Waals surface area contributed by atoms with Crippen LogP contribution in [0, 0.1) is 0 Å². The molecule has 3 aromatic heterocycles. The van der Waals surface area contributed by atoms with Gasteiger partial charge in [0, 0.05) is 43.3 Å². The highest BCUT2D eigenvalue weighted by molar-refractivity contribution is 5.84. The van der Waals surface area contributed by atoms with Crippen molar-refractivity contribution in [2.24, 2.45) is 0 Å². The number of rotatable bonds is 4. The molecule has 7 heteroatoms. The lowest BCUT2D eigenvalue weighted by molar-refractivity contribution is 0.0985. The summed E-state index contributed by atoms with van der Waals surface area (Å²) in [7, 11) is 2.02. The van der Waals surface area contributed by atoms with Crippen LogP contribution in [0.3, 0.4) is 0 Å². The van der Waals surface area contributed by atoms with Gasteiger partial charge in [-0.3, -0.25) is 4.98 Å². The van der Waals surface area contributed by atoms with E-state index in [1.54, 1.807) is 0 Å². The minimum absolute atomic E-state index is 0.284. The first-order valence-corrected chi connectivity index (χ1v) is 10.9. The topological polar surface area (TPSA) is 59.3 Å². The molecule has 0 radical (unpaired) electrons. The molecule has 0 N–H and O–H groups in total. The molecule has 5 rings (SSSR count). The van der Waals surface area contributed by atoms with Gasteiger partial charge in [0.2, 0.25) is 0 Å². The molecule has 0 unspecified atom stereocenters. The monoisotopic (exact) mass is 428 g/mol.